The number of H-pyrrole nitrogens is 1. The Morgan fingerprint density at radius 1 is 1.04 bits per heavy atom. The summed E-state index contributed by atoms with van der Waals surface area (Å²) in [5.74, 6) is 0.816. The van der Waals surface area contributed by atoms with Gasteiger partial charge >= 0.3 is 0 Å². The third kappa shape index (κ3) is 7.31. The van der Waals surface area contributed by atoms with Crippen LogP contribution in [0.25, 0.3) is 11.1 Å². The van der Waals surface area contributed by atoms with Crippen LogP contribution in [0.4, 0.5) is 11.5 Å². The number of pyridine rings is 2. The van der Waals surface area contributed by atoms with Crippen molar-refractivity contribution >= 4 is 17.4 Å². The second-order valence-corrected chi connectivity index (χ2v) is 13.7. The van der Waals surface area contributed by atoms with Gasteiger partial charge in [0.05, 0.1) is 0 Å². The number of ether oxygens (including phenoxy) is 1. The van der Waals surface area contributed by atoms with Crippen molar-refractivity contribution in [1.82, 2.24) is 25.1 Å². The minimum atomic E-state index is -0.169. The molecule has 48 heavy (non-hydrogen) atoms. The molecule has 3 aliphatic heterocycles. The molecule has 2 saturated heterocycles. The molecule has 0 bridgehead atoms. The molecule has 10 nitrogen and oxygen atoms in total. The molecule has 3 aliphatic rings. The molecule has 0 aliphatic carbocycles. The fourth-order valence-electron chi connectivity index (χ4n) is 7.71. The zero-order valence-electron chi connectivity index (χ0n) is 29.5. The van der Waals surface area contributed by atoms with Crippen LogP contribution in [0.15, 0.2) is 35.3 Å². The molecule has 258 valence electrons. The van der Waals surface area contributed by atoms with Gasteiger partial charge in [-0.15, -0.1) is 0 Å². The van der Waals surface area contributed by atoms with Gasteiger partial charge in [-0.2, -0.15) is 0 Å². The van der Waals surface area contributed by atoms with Gasteiger partial charge in [-0.05, 0) is 107 Å². The smallest absolute Gasteiger partial charge is 0.253 e. The van der Waals surface area contributed by atoms with Crippen LogP contribution in [0.3, 0.4) is 0 Å². The molecule has 2 fully saturated rings. The number of aromatic nitrogens is 2. The average molecular weight is 656 g/mol. The summed E-state index contributed by atoms with van der Waals surface area (Å²) in [4.78, 5) is 44.9. The number of aryl methyl sites for hydroxylation is 1. The van der Waals surface area contributed by atoms with E-state index in [4.69, 9.17) is 9.72 Å². The van der Waals surface area contributed by atoms with Crippen LogP contribution in [0, 0.1) is 13.8 Å². The molecule has 0 spiro atoms. The molecule has 1 amide bonds. The van der Waals surface area contributed by atoms with Gasteiger partial charge in [0.15, 0.2) is 0 Å². The van der Waals surface area contributed by atoms with Crippen molar-refractivity contribution in [1.29, 1.82) is 0 Å². The number of piperazine rings is 1. The number of fused-ring (bicyclic) bond motifs is 1. The van der Waals surface area contributed by atoms with E-state index in [1.54, 1.807) is 0 Å². The Hall–Kier alpha value is -3.73. The molecular formula is C38H53N7O3. The zero-order chi connectivity index (χ0) is 33.8. The minimum Gasteiger partial charge on any atom is -0.381 e. The summed E-state index contributed by atoms with van der Waals surface area (Å²) in [5.41, 5.74) is 8.37. The van der Waals surface area contributed by atoms with E-state index < -0.39 is 0 Å². The number of nitrogens with zero attached hydrogens (tertiary/aromatic N) is 5. The highest BCUT2D eigenvalue weighted by Crippen LogP contribution is 2.34. The molecule has 0 atom stereocenters. The summed E-state index contributed by atoms with van der Waals surface area (Å²) in [6.45, 7) is 17.7. The summed E-state index contributed by atoms with van der Waals surface area (Å²) < 4.78 is 5.69. The quantitative estimate of drug-likeness (QED) is 0.330. The van der Waals surface area contributed by atoms with Crippen molar-refractivity contribution in [3.63, 3.8) is 0 Å². The van der Waals surface area contributed by atoms with Gasteiger partial charge < -0.3 is 29.7 Å². The first-order valence-corrected chi connectivity index (χ1v) is 17.9. The average Bonchev–Trinajstić information content (AvgIpc) is 3.10. The maximum Gasteiger partial charge on any atom is 0.253 e. The second-order valence-electron chi connectivity index (χ2n) is 13.7. The number of carbonyl (C=O) groups excluding carboxylic acids is 1. The summed E-state index contributed by atoms with van der Waals surface area (Å²) in [5, 5.41) is 3.16. The third-order valence-electron chi connectivity index (χ3n) is 10.6. The number of aromatic amines is 1. The lowest BCUT2D eigenvalue weighted by molar-refractivity contribution is 0.0846. The number of amides is 1. The molecule has 5 heterocycles. The predicted octanol–water partition coefficient (Wildman–Crippen LogP) is 4.51. The highest BCUT2D eigenvalue weighted by molar-refractivity contribution is 5.99. The van der Waals surface area contributed by atoms with E-state index in [1.807, 2.05) is 26.1 Å². The van der Waals surface area contributed by atoms with E-state index in [9.17, 15) is 9.59 Å². The van der Waals surface area contributed by atoms with Crippen molar-refractivity contribution in [2.45, 2.75) is 72.5 Å². The third-order valence-corrected chi connectivity index (χ3v) is 10.6. The molecule has 2 aromatic heterocycles. The van der Waals surface area contributed by atoms with Gasteiger partial charge in [-0.3, -0.25) is 14.5 Å². The van der Waals surface area contributed by atoms with Crippen LogP contribution in [-0.2, 0) is 24.2 Å². The number of rotatable bonds is 10. The maximum absolute atomic E-state index is 14.1. The van der Waals surface area contributed by atoms with Crippen molar-refractivity contribution < 1.29 is 9.53 Å². The summed E-state index contributed by atoms with van der Waals surface area (Å²) in [6, 6.07) is 8.79. The fourth-order valence-corrected chi connectivity index (χ4v) is 7.71. The van der Waals surface area contributed by atoms with Crippen LogP contribution < -0.4 is 20.7 Å². The van der Waals surface area contributed by atoms with Gasteiger partial charge in [0, 0.05) is 106 Å². The number of anilines is 2. The lowest BCUT2D eigenvalue weighted by Crippen LogP contribution is -2.44. The van der Waals surface area contributed by atoms with Gasteiger partial charge in [-0.1, -0.05) is 6.92 Å². The Balaban J connectivity index is 1.31. The number of hydrogen-bond donors (Lipinski definition) is 2. The molecular weight excluding hydrogens is 602 g/mol. The fraction of sp³-hybridized carbons (Fsp3) is 0.553. The van der Waals surface area contributed by atoms with E-state index in [-0.39, 0.29) is 18.0 Å². The first-order chi connectivity index (χ1) is 23.3. The zero-order valence-corrected chi connectivity index (χ0v) is 29.5. The Kier molecular flexibility index (Phi) is 10.8. The first kappa shape index (κ1) is 34.1. The molecule has 1 aromatic carbocycles. The largest absolute Gasteiger partial charge is 0.381 e. The Morgan fingerprint density at radius 2 is 1.81 bits per heavy atom. The van der Waals surface area contributed by atoms with E-state index in [1.165, 1.54) is 5.56 Å². The summed E-state index contributed by atoms with van der Waals surface area (Å²) >= 11 is 0. The number of hydrogen-bond acceptors (Lipinski definition) is 8. The predicted molar refractivity (Wildman–Crippen MR) is 193 cm³/mol. The number of nitrogens with one attached hydrogen (secondary N) is 2. The Bertz CT molecular complexity index is 1640. The maximum atomic E-state index is 14.1. The second kappa shape index (κ2) is 15.2. The number of carbonyl (C=O) groups is 1. The van der Waals surface area contributed by atoms with Crippen molar-refractivity contribution in [2.24, 2.45) is 0 Å². The topological polar surface area (TPSA) is 97.0 Å². The van der Waals surface area contributed by atoms with Crippen LogP contribution >= 0.6 is 0 Å². The molecule has 6 rings (SSSR count). The molecule has 2 N–H and O–H groups in total. The molecule has 0 radical (unpaired) electrons. The van der Waals surface area contributed by atoms with Crippen LogP contribution in [0.1, 0.15) is 71.4 Å². The lowest BCUT2D eigenvalue weighted by Gasteiger charge is -2.37. The lowest BCUT2D eigenvalue weighted by atomic mass is 9.93. The SMILES string of the molecule is CCCN1CCc2c(c(C)[nH]c(=O)c2CNC(=O)c2cc(-c3ccc(N4CCN(C)CC4)nc3)cc(N(CC)C3CCOCC3)c2C)C1. The Labute approximate surface area is 285 Å². The first-order valence-electron chi connectivity index (χ1n) is 17.9. The molecule has 10 heteroatoms. The van der Waals surface area contributed by atoms with Gasteiger partial charge in [0.25, 0.3) is 11.5 Å². The number of likely N-dealkylation sites (N-methyl/N-ethyl adjacent to an activating group) is 1. The van der Waals surface area contributed by atoms with Crippen LogP contribution in [0.2, 0.25) is 0 Å². The van der Waals surface area contributed by atoms with Gasteiger partial charge in [0.1, 0.15) is 5.82 Å². The van der Waals surface area contributed by atoms with Crippen molar-refractivity contribution in [2.75, 3.05) is 75.9 Å². The number of benzene rings is 1. The normalized spacial score (nSPS) is 17.7. The minimum absolute atomic E-state index is 0.107. The molecule has 3 aromatic rings. The van der Waals surface area contributed by atoms with E-state index in [2.05, 4.69) is 69.0 Å². The standard InChI is InChI=1S/C38H53N7O3/c1-6-13-43-14-10-31-33(38(47)41-27(4)34(31)25-43)24-40-37(46)32-21-29(22-35(26(32)3)45(7-2)30-11-19-48-20-12-30)28-8-9-36(39-23-28)44-17-15-42(5)16-18-44/h8-9,21-23,30H,6-7,10-20,24-25H2,1-5H3,(H,40,46)(H,41,47). The van der Waals surface area contributed by atoms with Crippen LogP contribution in [-0.4, -0.2) is 97.8 Å². The molecule has 0 saturated carbocycles. The molecule has 0 unspecified atom stereocenters. The van der Waals surface area contributed by atoms with Crippen molar-refractivity contribution in [3.8, 4) is 11.1 Å². The highest BCUT2D eigenvalue weighted by atomic mass is 16.5. The van der Waals surface area contributed by atoms with E-state index in [0.717, 1.165) is 131 Å². The summed E-state index contributed by atoms with van der Waals surface area (Å²) in [7, 11) is 2.16. The van der Waals surface area contributed by atoms with Crippen LogP contribution in [0.5, 0.6) is 0 Å². The Morgan fingerprint density at radius 3 is 2.50 bits per heavy atom. The van der Waals surface area contributed by atoms with Gasteiger partial charge in [0.2, 0.25) is 0 Å². The monoisotopic (exact) mass is 655 g/mol. The van der Waals surface area contributed by atoms with Gasteiger partial charge in [-0.25, -0.2) is 4.98 Å². The van der Waals surface area contributed by atoms with Crippen molar-refractivity contribution in [3.05, 3.63) is 74.3 Å². The highest BCUT2D eigenvalue weighted by Gasteiger charge is 2.27. The van der Waals surface area contributed by atoms with E-state index >= 15 is 0 Å². The summed E-state index contributed by atoms with van der Waals surface area (Å²) in [6.07, 6.45) is 5.77. The van der Waals surface area contributed by atoms with E-state index in [0.29, 0.717) is 17.2 Å².